The van der Waals surface area contributed by atoms with Crippen molar-refractivity contribution in [2.45, 2.75) is 18.9 Å². The highest BCUT2D eigenvalue weighted by atomic mass is 16.5. The van der Waals surface area contributed by atoms with Crippen molar-refractivity contribution in [3.05, 3.63) is 29.8 Å². The van der Waals surface area contributed by atoms with E-state index in [-0.39, 0.29) is 25.0 Å². The number of methoxy groups -OCH3 is 1. The molecule has 0 unspecified atom stereocenters. The fraction of sp³-hybridized carbons (Fsp3) is 0.444. The molecule has 0 atom stereocenters. The Morgan fingerprint density at radius 2 is 1.96 bits per heavy atom. The maximum Gasteiger partial charge on any atom is 0.325 e. The first kappa shape index (κ1) is 20.2. The summed E-state index contributed by atoms with van der Waals surface area (Å²) in [5.74, 6) is -1.45. The summed E-state index contributed by atoms with van der Waals surface area (Å²) in [6, 6.07) is 6.67. The van der Waals surface area contributed by atoms with E-state index >= 15 is 0 Å². The number of carbonyl (C=O) groups is 4. The first-order chi connectivity index (χ1) is 12.9. The smallest absolute Gasteiger partial charge is 0.325 e. The number of carbonyl (C=O) groups excluding carboxylic acids is 4. The van der Waals surface area contributed by atoms with Crippen molar-refractivity contribution < 1.29 is 28.7 Å². The van der Waals surface area contributed by atoms with Crippen LogP contribution in [0.15, 0.2) is 24.3 Å². The molecule has 2 N–H and O–H groups in total. The molecule has 0 spiro atoms. The number of hydrogen-bond acceptors (Lipinski definition) is 6. The van der Waals surface area contributed by atoms with Gasteiger partial charge in [0.1, 0.15) is 12.3 Å². The van der Waals surface area contributed by atoms with E-state index in [4.69, 9.17) is 9.47 Å². The quantitative estimate of drug-likeness (QED) is 0.572. The number of likely N-dealkylation sites (N-methyl/N-ethyl adjacent to an activating group) is 1. The third-order valence-electron chi connectivity index (χ3n) is 3.83. The van der Waals surface area contributed by atoms with Crippen LogP contribution in [0.5, 0.6) is 5.75 Å². The van der Waals surface area contributed by atoms with Gasteiger partial charge in [-0.1, -0.05) is 6.07 Å². The monoisotopic (exact) mass is 377 g/mol. The van der Waals surface area contributed by atoms with E-state index in [1.54, 1.807) is 18.2 Å². The molecule has 0 saturated heterocycles. The van der Waals surface area contributed by atoms with Crippen LogP contribution in [0.4, 0.5) is 0 Å². The van der Waals surface area contributed by atoms with Gasteiger partial charge in [0, 0.05) is 18.7 Å². The van der Waals surface area contributed by atoms with Crippen LogP contribution >= 0.6 is 0 Å². The minimum Gasteiger partial charge on any atom is -0.497 e. The van der Waals surface area contributed by atoms with Crippen molar-refractivity contribution in [1.29, 1.82) is 0 Å². The molecule has 9 heteroatoms. The zero-order valence-electron chi connectivity index (χ0n) is 15.3. The number of nitrogens with one attached hydrogen (secondary N) is 2. The van der Waals surface area contributed by atoms with Crippen LogP contribution in [-0.4, -0.2) is 68.5 Å². The number of hydrogen-bond donors (Lipinski definition) is 2. The molecule has 2 rings (SSSR count). The molecule has 1 aliphatic rings. The molecule has 1 aromatic rings. The lowest BCUT2D eigenvalue weighted by atomic mass is 10.2. The van der Waals surface area contributed by atoms with Gasteiger partial charge < -0.3 is 25.0 Å². The zero-order valence-corrected chi connectivity index (χ0v) is 15.3. The number of esters is 1. The Hall–Kier alpha value is -3.10. The molecule has 9 nitrogen and oxygen atoms in total. The highest BCUT2D eigenvalue weighted by Gasteiger charge is 2.24. The van der Waals surface area contributed by atoms with Crippen molar-refractivity contribution in [3.8, 4) is 5.75 Å². The molecule has 0 bridgehead atoms. The summed E-state index contributed by atoms with van der Waals surface area (Å²) in [4.78, 5) is 48.4. The van der Waals surface area contributed by atoms with Gasteiger partial charge in [0.25, 0.3) is 11.8 Å². The van der Waals surface area contributed by atoms with Crippen molar-refractivity contribution in [3.63, 3.8) is 0 Å². The Labute approximate surface area is 157 Å². The Kier molecular flexibility index (Phi) is 7.16. The fourth-order valence-electron chi connectivity index (χ4n) is 2.13. The van der Waals surface area contributed by atoms with Gasteiger partial charge >= 0.3 is 5.97 Å². The standard InChI is InChI=1S/C18H23N3O6/c1-21(10-15(22)20-13-6-7-13)16(23)11-27-17(24)9-19-18(25)12-4-3-5-14(8-12)26-2/h3-5,8,13H,6-7,9-11H2,1-2H3,(H,19,25)(H,20,22). The maximum absolute atomic E-state index is 12.0. The molecule has 1 aliphatic carbocycles. The van der Waals surface area contributed by atoms with E-state index in [0.717, 1.165) is 12.8 Å². The molecule has 0 aliphatic heterocycles. The van der Waals surface area contributed by atoms with Crippen molar-refractivity contribution in [1.82, 2.24) is 15.5 Å². The summed E-state index contributed by atoms with van der Waals surface area (Å²) in [7, 11) is 2.94. The molecule has 27 heavy (non-hydrogen) atoms. The van der Waals surface area contributed by atoms with Crippen molar-refractivity contribution in [2.75, 3.05) is 33.9 Å². The lowest BCUT2D eigenvalue weighted by molar-refractivity contribution is -0.151. The van der Waals surface area contributed by atoms with Crippen LogP contribution in [0.3, 0.4) is 0 Å². The number of nitrogens with zero attached hydrogens (tertiary/aromatic N) is 1. The summed E-state index contributed by atoms with van der Waals surface area (Å²) < 4.78 is 9.86. The Morgan fingerprint density at radius 3 is 2.63 bits per heavy atom. The first-order valence-electron chi connectivity index (χ1n) is 8.50. The molecule has 0 aromatic heterocycles. The predicted octanol–water partition coefficient (Wildman–Crippen LogP) is -0.295. The molecule has 1 fully saturated rings. The van der Waals surface area contributed by atoms with Crippen molar-refractivity contribution in [2.24, 2.45) is 0 Å². The Balaban J connectivity index is 1.67. The second-order valence-corrected chi connectivity index (χ2v) is 6.17. The van der Waals surface area contributed by atoms with Gasteiger partial charge in [-0.2, -0.15) is 0 Å². The molecule has 3 amide bonds. The number of ether oxygens (including phenoxy) is 2. The second kappa shape index (κ2) is 9.56. The van der Waals surface area contributed by atoms with Gasteiger partial charge in [0.05, 0.1) is 13.7 Å². The normalized spacial score (nSPS) is 12.7. The molecular formula is C18H23N3O6. The third kappa shape index (κ3) is 6.96. The Morgan fingerprint density at radius 1 is 1.22 bits per heavy atom. The van der Waals surface area contributed by atoms with Crippen LogP contribution < -0.4 is 15.4 Å². The van der Waals surface area contributed by atoms with Gasteiger partial charge in [-0.3, -0.25) is 19.2 Å². The van der Waals surface area contributed by atoms with Gasteiger partial charge in [-0.15, -0.1) is 0 Å². The number of benzene rings is 1. The summed E-state index contributed by atoms with van der Waals surface area (Å²) in [5.41, 5.74) is 0.333. The highest BCUT2D eigenvalue weighted by molar-refractivity contribution is 5.96. The van der Waals surface area contributed by atoms with Gasteiger partial charge in [0.2, 0.25) is 5.91 Å². The molecular weight excluding hydrogens is 354 g/mol. The summed E-state index contributed by atoms with van der Waals surface area (Å²) in [5, 5.41) is 5.17. The lowest BCUT2D eigenvalue weighted by Crippen LogP contribution is -2.41. The maximum atomic E-state index is 12.0. The van der Waals surface area contributed by atoms with Gasteiger partial charge in [-0.25, -0.2) is 0 Å². The SMILES string of the molecule is COc1cccc(C(=O)NCC(=O)OCC(=O)N(C)CC(=O)NC2CC2)c1. The zero-order chi connectivity index (χ0) is 19.8. The largest absolute Gasteiger partial charge is 0.497 e. The van der Waals surface area contributed by atoms with E-state index in [1.807, 2.05) is 0 Å². The van der Waals surface area contributed by atoms with E-state index in [0.29, 0.717) is 11.3 Å². The number of amides is 3. The molecule has 0 heterocycles. The minimum atomic E-state index is -0.754. The molecule has 146 valence electrons. The Bertz CT molecular complexity index is 717. The lowest BCUT2D eigenvalue weighted by Gasteiger charge is -2.16. The van der Waals surface area contributed by atoms with Crippen LogP contribution in [0.2, 0.25) is 0 Å². The average Bonchev–Trinajstić information content (AvgIpc) is 3.47. The first-order valence-corrected chi connectivity index (χ1v) is 8.50. The topological polar surface area (TPSA) is 114 Å². The molecule has 1 aromatic carbocycles. The molecule has 1 saturated carbocycles. The predicted molar refractivity (Wildman–Crippen MR) is 95.1 cm³/mol. The van der Waals surface area contributed by atoms with E-state index < -0.39 is 24.4 Å². The highest BCUT2D eigenvalue weighted by Crippen LogP contribution is 2.18. The molecule has 0 radical (unpaired) electrons. The summed E-state index contributed by atoms with van der Waals surface area (Å²) in [6.45, 7) is -0.976. The summed E-state index contributed by atoms with van der Waals surface area (Å²) >= 11 is 0. The summed E-state index contributed by atoms with van der Waals surface area (Å²) in [6.07, 6.45) is 1.92. The van der Waals surface area contributed by atoms with Gasteiger partial charge in [-0.05, 0) is 31.0 Å². The van der Waals surface area contributed by atoms with Crippen LogP contribution in [0.25, 0.3) is 0 Å². The van der Waals surface area contributed by atoms with Crippen molar-refractivity contribution >= 4 is 23.7 Å². The van der Waals surface area contributed by atoms with E-state index in [9.17, 15) is 19.2 Å². The minimum absolute atomic E-state index is 0.0978. The fourth-order valence-corrected chi connectivity index (χ4v) is 2.13. The van der Waals surface area contributed by atoms with Crippen LogP contribution in [0, 0.1) is 0 Å². The average molecular weight is 377 g/mol. The van der Waals surface area contributed by atoms with E-state index in [2.05, 4.69) is 10.6 Å². The van der Waals surface area contributed by atoms with E-state index in [1.165, 1.54) is 25.1 Å². The van der Waals surface area contributed by atoms with Gasteiger partial charge in [0.15, 0.2) is 6.61 Å². The van der Waals surface area contributed by atoms with Crippen LogP contribution in [0.1, 0.15) is 23.2 Å². The van der Waals surface area contributed by atoms with Crippen LogP contribution in [-0.2, 0) is 19.1 Å². The second-order valence-electron chi connectivity index (χ2n) is 6.17. The number of rotatable bonds is 9. The third-order valence-corrected chi connectivity index (χ3v) is 3.83.